The fourth-order valence-electron chi connectivity index (χ4n) is 1.76. The molecular weight excluding hydrogens is 403 g/mol. The average Bonchev–Trinajstić information content (AvgIpc) is 2.44. The second kappa shape index (κ2) is 10.2. The van der Waals surface area contributed by atoms with Crippen LogP contribution in [0, 0.1) is 10.1 Å². The van der Waals surface area contributed by atoms with Crippen molar-refractivity contribution in [3.63, 3.8) is 0 Å². The zero-order valence-electron chi connectivity index (χ0n) is 12.7. The van der Waals surface area contributed by atoms with Gasteiger partial charge in [-0.2, -0.15) is 0 Å². The standard InChI is InChI=1S/C13H20N4O4.HI/c1-9(8-20-2)16-13(14)15-7-10-6-11(17(18)19)4-5-12(10)21-3;/h4-6,9H,7-8H2,1-3H3,(H3,14,15,16);1H. The van der Waals surface area contributed by atoms with Gasteiger partial charge in [-0.15, -0.1) is 24.0 Å². The Morgan fingerprint density at radius 3 is 2.73 bits per heavy atom. The van der Waals surface area contributed by atoms with Crippen LogP contribution < -0.4 is 15.8 Å². The molecule has 9 heteroatoms. The highest BCUT2D eigenvalue weighted by molar-refractivity contribution is 14.0. The molecule has 1 rings (SSSR count). The quantitative estimate of drug-likeness (QED) is 0.226. The highest BCUT2D eigenvalue weighted by Gasteiger charge is 2.11. The third-order valence-corrected chi connectivity index (χ3v) is 2.71. The number of hydrogen-bond acceptors (Lipinski definition) is 5. The number of nitro groups is 1. The number of halogens is 1. The molecule has 0 fully saturated rings. The maximum atomic E-state index is 10.8. The molecule has 1 aromatic rings. The molecule has 8 nitrogen and oxygen atoms in total. The third kappa shape index (κ3) is 6.43. The lowest BCUT2D eigenvalue weighted by Crippen LogP contribution is -2.40. The van der Waals surface area contributed by atoms with Crippen molar-refractivity contribution in [2.24, 2.45) is 10.7 Å². The summed E-state index contributed by atoms with van der Waals surface area (Å²) in [5, 5.41) is 13.7. The van der Waals surface area contributed by atoms with E-state index >= 15 is 0 Å². The van der Waals surface area contributed by atoms with Crippen molar-refractivity contribution in [1.29, 1.82) is 0 Å². The number of rotatable bonds is 7. The number of hydrogen-bond donors (Lipinski definition) is 2. The van der Waals surface area contributed by atoms with Crippen LogP contribution in [-0.2, 0) is 11.3 Å². The first-order chi connectivity index (χ1) is 9.97. The van der Waals surface area contributed by atoms with E-state index in [0.29, 0.717) is 17.9 Å². The molecule has 124 valence electrons. The van der Waals surface area contributed by atoms with Gasteiger partial charge in [-0.05, 0) is 13.0 Å². The van der Waals surface area contributed by atoms with Gasteiger partial charge in [0.15, 0.2) is 5.96 Å². The van der Waals surface area contributed by atoms with Gasteiger partial charge in [-0.1, -0.05) is 0 Å². The van der Waals surface area contributed by atoms with E-state index in [4.69, 9.17) is 15.2 Å². The Bertz CT molecular complexity index is 525. The Balaban J connectivity index is 0.00000441. The molecule has 0 aromatic heterocycles. The molecule has 22 heavy (non-hydrogen) atoms. The lowest BCUT2D eigenvalue weighted by Gasteiger charge is -2.13. The maximum Gasteiger partial charge on any atom is 0.270 e. The zero-order valence-corrected chi connectivity index (χ0v) is 15.1. The van der Waals surface area contributed by atoms with Crippen LogP contribution in [0.5, 0.6) is 5.75 Å². The average molecular weight is 424 g/mol. The first kappa shape index (κ1) is 20.4. The van der Waals surface area contributed by atoms with E-state index in [1.807, 2.05) is 6.92 Å². The number of ether oxygens (including phenoxy) is 2. The Labute approximate surface area is 146 Å². The molecule has 0 aliphatic rings. The van der Waals surface area contributed by atoms with Gasteiger partial charge in [0.2, 0.25) is 0 Å². The normalized spacial score (nSPS) is 12.2. The minimum atomic E-state index is -0.463. The Kier molecular flexibility index (Phi) is 9.42. The summed E-state index contributed by atoms with van der Waals surface area (Å²) in [5.41, 5.74) is 6.33. The molecule has 0 aliphatic heterocycles. The minimum Gasteiger partial charge on any atom is -0.496 e. The minimum absolute atomic E-state index is 0. The summed E-state index contributed by atoms with van der Waals surface area (Å²) in [6.45, 7) is 2.58. The molecule has 1 unspecified atom stereocenters. The Hall–Kier alpha value is -1.62. The first-order valence-corrected chi connectivity index (χ1v) is 6.34. The van der Waals surface area contributed by atoms with Crippen LogP contribution in [0.1, 0.15) is 12.5 Å². The van der Waals surface area contributed by atoms with E-state index in [2.05, 4.69) is 10.3 Å². The number of nitrogens with one attached hydrogen (secondary N) is 1. The summed E-state index contributed by atoms with van der Waals surface area (Å²) >= 11 is 0. The molecule has 0 radical (unpaired) electrons. The van der Waals surface area contributed by atoms with Crippen molar-refractivity contribution in [1.82, 2.24) is 5.32 Å². The highest BCUT2D eigenvalue weighted by atomic mass is 127. The molecule has 3 N–H and O–H groups in total. The first-order valence-electron chi connectivity index (χ1n) is 6.34. The van der Waals surface area contributed by atoms with Crippen LogP contribution in [0.3, 0.4) is 0 Å². The molecule has 1 atom stereocenters. The molecule has 0 spiro atoms. The summed E-state index contributed by atoms with van der Waals surface area (Å²) < 4.78 is 10.1. The Morgan fingerprint density at radius 1 is 1.50 bits per heavy atom. The topological polar surface area (TPSA) is 112 Å². The highest BCUT2D eigenvalue weighted by Crippen LogP contribution is 2.24. The van der Waals surface area contributed by atoms with Crippen LogP contribution in [0.25, 0.3) is 0 Å². The van der Waals surface area contributed by atoms with Crippen LogP contribution >= 0.6 is 24.0 Å². The van der Waals surface area contributed by atoms with Crippen LogP contribution in [0.4, 0.5) is 5.69 Å². The van der Waals surface area contributed by atoms with Gasteiger partial charge < -0.3 is 20.5 Å². The van der Waals surface area contributed by atoms with Gasteiger partial charge >= 0.3 is 0 Å². The van der Waals surface area contributed by atoms with Gasteiger partial charge in [-0.3, -0.25) is 10.1 Å². The fourth-order valence-corrected chi connectivity index (χ4v) is 1.76. The van der Waals surface area contributed by atoms with Gasteiger partial charge in [0.25, 0.3) is 5.69 Å². The number of non-ortho nitro benzene ring substituents is 1. The largest absolute Gasteiger partial charge is 0.496 e. The summed E-state index contributed by atoms with van der Waals surface area (Å²) in [4.78, 5) is 14.5. The van der Waals surface area contributed by atoms with Crippen LogP contribution in [0.2, 0.25) is 0 Å². The summed E-state index contributed by atoms with van der Waals surface area (Å²) in [7, 11) is 3.09. The lowest BCUT2D eigenvalue weighted by atomic mass is 10.2. The predicted molar refractivity (Wildman–Crippen MR) is 94.9 cm³/mol. The molecule has 0 amide bonds. The number of benzene rings is 1. The van der Waals surface area contributed by atoms with E-state index in [9.17, 15) is 10.1 Å². The van der Waals surface area contributed by atoms with Crippen molar-refractivity contribution in [3.8, 4) is 5.75 Å². The van der Waals surface area contributed by atoms with Crippen molar-refractivity contribution in [3.05, 3.63) is 33.9 Å². The van der Waals surface area contributed by atoms with E-state index in [1.54, 1.807) is 13.2 Å². The maximum absolute atomic E-state index is 10.8. The predicted octanol–water partition coefficient (Wildman–Crippen LogP) is 1.66. The molecule has 0 saturated heterocycles. The van der Waals surface area contributed by atoms with Gasteiger partial charge in [-0.25, -0.2) is 4.99 Å². The number of guanidine groups is 1. The molecule has 0 aliphatic carbocycles. The molecule has 0 bridgehead atoms. The van der Waals surface area contributed by atoms with Crippen LogP contribution in [0.15, 0.2) is 23.2 Å². The third-order valence-electron chi connectivity index (χ3n) is 2.71. The number of methoxy groups -OCH3 is 2. The van der Waals surface area contributed by atoms with Gasteiger partial charge in [0.05, 0.1) is 25.2 Å². The number of nitro benzene ring substituents is 1. The van der Waals surface area contributed by atoms with E-state index in [1.165, 1.54) is 19.2 Å². The van der Waals surface area contributed by atoms with Crippen molar-refractivity contribution < 1.29 is 14.4 Å². The SMILES string of the molecule is COCC(C)NC(N)=NCc1cc([N+](=O)[O-])ccc1OC.I. The Morgan fingerprint density at radius 2 is 2.18 bits per heavy atom. The lowest BCUT2D eigenvalue weighted by molar-refractivity contribution is -0.384. The van der Waals surface area contributed by atoms with Gasteiger partial charge in [0, 0.05) is 30.8 Å². The summed E-state index contributed by atoms with van der Waals surface area (Å²) in [5.74, 6) is 0.773. The molecule has 1 aromatic carbocycles. The monoisotopic (exact) mass is 424 g/mol. The zero-order chi connectivity index (χ0) is 15.8. The number of aliphatic imine (C=N–C) groups is 1. The summed E-state index contributed by atoms with van der Waals surface area (Å²) in [6, 6.07) is 4.37. The second-order valence-electron chi connectivity index (χ2n) is 4.46. The molecule has 0 saturated carbocycles. The molecular formula is C13H21IN4O4. The summed E-state index contributed by atoms with van der Waals surface area (Å²) in [6.07, 6.45) is 0. The van der Waals surface area contributed by atoms with E-state index in [0.717, 1.165) is 0 Å². The van der Waals surface area contributed by atoms with Crippen molar-refractivity contribution in [2.75, 3.05) is 20.8 Å². The number of nitrogens with two attached hydrogens (primary N) is 1. The van der Waals surface area contributed by atoms with E-state index < -0.39 is 4.92 Å². The fraction of sp³-hybridized carbons (Fsp3) is 0.462. The second-order valence-corrected chi connectivity index (χ2v) is 4.46. The molecule has 0 heterocycles. The number of nitrogens with zero attached hydrogens (tertiary/aromatic N) is 2. The van der Waals surface area contributed by atoms with Gasteiger partial charge in [0.1, 0.15) is 5.75 Å². The van der Waals surface area contributed by atoms with E-state index in [-0.39, 0.29) is 48.2 Å². The van der Waals surface area contributed by atoms with Crippen molar-refractivity contribution >= 4 is 35.6 Å². The van der Waals surface area contributed by atoms with Crippen molar-refractivity contribution in [2.45, 2.75) is 19.5 Å². The smallest absolute Gasteiger partial charge is 0.270 e. The van der Waals surface area contributed by atoms with Crippen LogP contribution in [-0.4, -0.2) is 37.8 Å².